The molecule has 0 aliphatic carbocycles. The number of hydrogen-bond acceptors (Lipinski definition) is 1. The molecule has 84 valence electrons. The fourth-order valence-electron chi connectivity index (χ4n) is 1.75. The van der Waals surface area contributed by atoms with E-state index in [9.17, 15) is 0 Å². The largest absolute Gasteiger partial charge is 0.307 e. The Labute approximate surface area is 97.8 Å². The molecule has 0 saturated heterocycles. The molecule has 0 fully saturated rings. The quantitative estimate of drug-likeness (QED) is 0.793. The van der Waals surface area contributed by atoms with E-state index in [1.807, 2.05) is 18.2 Å². The lowest BCUT2D eigenvalue weighted by molar-refractivity contribution is 0.432. The monoisotopic (exact) mass is 225 g/mol. The third-order valence-electron chi connectivity index (χ3n) is 2.82. The number of halogens is 1. The van der Waals surface area contributed by atoms with Gasteiger partial charge in [0, 0.05) is 17.1 Å². The molecule has 1 N–H and O–H groups in total. The molecule has 1 aromatic carbocycles. The summed E-state index contributed by atoms with van der Waals surface area (Å²) in [5.41, 5.74) is 1.26. The van der Waals surface area contributed by atoms with E-state index in [1.165, 1.54) is 18.4 Å². The summed E-state index contributed by atoms with van der Waals surface area (Å²) in [6.45, 7) is 6.61. The minimum Gasteiger partial charge on any atom is -0.307 e. The molecule has 0 amide bonds. The van der Waals surface area contributed by atoms with Gasteiger partial charge in [-0.15, -0.1) is 0 Å². The number of benzene rings is 1. The first-order valence-electron chi connectivity index (χ1n) is 5.68. The van der Waals surface area contributed by atoms with E-state index in [4.69, 9.17) is 11.6 Å². The van der Waals surface area contributed by atoms with Crippen LogP contribution in [0.25, 0.3) is 0 Å². The van der Waals surface area contributed by atoms with Crippen LogP contribution in [0.4, 0.5) is 0 Å². The highest BCUT2D eigenvalue weighted by Crippen LogP contribution is 2.18. The highest BCUT2D eigenvalue weighted by molar-refractivity contribution is 6.30. The molecular formula is C13H20ClN. The normalized spacial score (nSPS) is 13.1. The molecule has 2 heteroatoms. The van der Waals surface area contributed by atoms with Crippen molar-refractivity contribution in [3.8, 4) is 0 Å². The molecular weight excluding hydrogens is 206 g/mol. The van der Waals surface area contributed by atoms with Crippen molar-refractivity contribution >= 4 is 11.6 Å². The molecule has 1 nitrogen and oxygen atoms in total. The Morgan fingerprint density at radius 1 is 1.27 bits per heavy atom. The SMILES string of the molecule is CCC(CC)N[C@@H](C)c1cccc(Cl)c1. The summed E-state index contributed by atoms with van der Waals surface area (Å²) in [7, 11) is 0. The number of nitrogens with one attached hydrogen (secondary N) is 1. The van der Waals surface area contributed by atoms with Crippen LogP contribution in [0.2, 0.25) is 5.02 Å². The van der Waals surface area contributed by atoms with Crippen LogP contribution in [0.3, 0.4) is 0 Å². The van der Waals surface area contributed by atoms with E-state index in [0.717, 1.165) is 5.02 Å². The van der Waals surface area contributed by atoms with E-state index >= 15 is 0 Å². The lowest BCUT2D eigenvalue weighted by atomic mass is 10.1. The van der Waals surface area contributed by atoms with Crippen molar-refractivity contribution in [1.82, 2.24) is 5.32 Å². The summed E-state index contributed by atoms with van der Waals surface area (Å²) in [5, 5.41) is 4.41. The van der Waals surface area contributed by atoms with Crippen molar-refractivity contribution in [2.24, 2.45) is 0 Å². The molecule has 1 aromatic rings. The summed E-state index contributed by atoms with van der Waals surface area (Å²) in [4.78, 5) is 0. The maximum atomic E-state index is 5.97. The maximum Gasteiger partial charge on any atom is 0.0409 e. The Morgan fingerprint density at radius 2 is 1.93 bits per heavy atom. The Kier molecular flexibility index (Phi) is 5.13. The van der Waals surface area contributed by atoms with Gasteiger partial charge >= 0.3 is 0 Å². The van der Waals surface area contributed by atoms with Crippen LogP contribution >= 0.6 is 11.6 Å². The maximum absolute atomic E-state index is 5.97. The average Bonchev–Trinajstić information content (AvgIpc) is 2.25. The second-order valence-corrected chi connectivity index (χ2v) is 4.39. The van der Waals surface area contributed by atoms with E-state index in [1.54, 1.807) is 0 Å². The summed E-state index contributed by atoms with van der Waals surface area (Å²) in [6.07, 6.45) is 2.34. The standard InChI is InChI=1S/C13H20ClN/c1-4-13(5-2)15-10(3)11-7-6-8-12(14)9-11/h6-10,13,15H,4-5H2,1-3H3/t10-/m0/s1. The predicted molar refractivity (Wildman–Crippen MR) is 67.4 cm³/mol. The number of hydrogen-bond donors (Lipinski definition) is 1. The van der Waals surface area contributed by atoms with Crippen LogP contribution in [0, 0.1) is 0 Å². The molecule has 0 heterocycles. The minimum absolute atomic E-state index is 0.369. The first-order valence-corrected chi connectivity index (χ1v) is 6.06. The fraction of sp³-hybridized carbons (Fsp3) is 0.538. The molecule has 1 rings (SSSR count). The lowest BCUT2D eigenvalue weighted by Gasteiger charge is -2.21. The van der Waals surface area contributed by atoms with Crippen molar-refractivity contribution in [3.05, 3.63) is 34.9 Å². The van der Waals surface area contributed by atoms with Gasteiger partial charge in [0.15, 0.2) is 0 Å². The van der Waals surface area contributed by atoms with Gasteiger partial charge in [0.1, 0.15) is 0 Å². The van der Waals surface area contributed by atoms with Gasteiger partial charge in [0.25, 0.3) is 0 Å². The van der Waals surface area contributed by atoms with Gasteiger partial charge in [0.2, 0.25) is 0 Å². The van der Waals surface area contributed by atoms with Gasteiger partial charge in [-0.3, -0.25) is 0 Å². The first kappa shape index (κ1) is 12.5. The van der Waals surface area contributed by atoms with Crippen LogP contribution in [0.15, 0.2) is 24.3 Å². The van der Waals surface area contributed by atoms with Crippen LogP contribution in [0.5, 0.6) is 0 Å². The smallest absolute Gasteiger partial charge is 0.0409 e. The zero-order chi connectivity index (χ0) is 11.3. The zero-order valence-electron chi connectivity index (χ0n) is 9.76. The highest BCUT2D eigenvalue weighted by Gasteiger charge is 2.09. The van der Waals surface area contributed by atoms with Gasteiger partial charge in [-0.2, -0.15) is 0 Å². The molecule has 0 unspecified atom stereocenters. The van der Waals surface area contributed by atoms with E-state index < -0.39 is 0 Å². The molecule has 0 aromatic heterocycles. The van der Waals surface area contributed by atoms with Gasteiger partial charge in [-0.05, 0) is 37.5 Å². The Morgan fingerprint density at radius 3 is 2.47 bits per heavy atom. The van der Waals surface area contributed by atoms with E-state index in [-0.39, 0.29) is 0 Å². The molecule has 0 radical (unpaired) electrons. The van der Waals surface area contributed by atoms with Gasteiger partial charge < -0.3 is 5.32 Å². The third kappa shape index (κ3) is 3.84. The molecule has 0 bridgehead atoms. The Bertz CT molecular complexity index is 294. The third-order valence-corrected chi connectivity index (χ3v) is 3.06. The zero-order valence-corrected chi connectivity index (χ0v) is 10.5. The summed E-state index contributed by atoms with van der Waals surface area (Å²) in [5.74, 6) is 0. The van der Waals surface area contributed by atoms with Crippen LogP contribution < -0.4 is 5.32 Å². The number of rotatable bonds is 5. The molecule has 0 saturated carbocycles. The molecule has 0 aliphatic rings. The molecule has 0 aliphatic heterocycles. The predicted octanol–water partition coefficient (Wildman–Crippen LogP) is 4.18. The van der Waals surface area contributed by atoms with Gasteiger partial charge in [0.05, 0.1) is 0 Å². The summed E-state index contributed by atoms with van der Waals surface area (Å²) >= 11 is 5.97. The first-order chi connectivity index (χ1) is 7.17. The van der Waals surface area contributed by atoms with Crippen molar-refractivity contribution in [3.63, 3.8) is 0 Å². The van der Waals surface area contributed by atoms with Crippen LogP contribution in [-0.2, 0) is 0 Å². The molecule has 15 heavy (non-hydrogen) atoms. The van der Waals surface area contributed by atoms with Crippen molar-refractivity contribution < 1.29 is 0 Å². The van der Waals surface area contributed by atoms with Gasteiger partial charge in [-0.25, -0.2) is 0 Å². The highest BCUT2D eigenvalue weighted by atomic mass is 35.5. The minimum atomic E-state index is 0.369. The molecule has 1 atom stereocenters. The molecule has 0 spiro atoms. The summed E-state index contributed by atoms with van der Waals surface area (Å²) < 4.78 is 0. The Balaban J connectivity index is 2.64. The fourth-order valence-corrected chi connectivity index (χ4v) is 1.95. The lowest BCUT2D eigenvalue weighted by Crippen LogP contribution is -2.30. The van der Waals surface area contributed by atoms with Crippen molar-refractivity contribution in [2.45, 2.75) is 45.7 Å². The van der Waals surface area contributed by atoms with Crippen molar-refractivity contribution in [2.75, 3.05) is 0 Å². The summed E-state index contributed by atoms with van der Waals surface area (Å²) in [6, 6.07) is 9.03. The topological polar surface area (TPSA) is 12.0 Å². The van der Waals surface area contributed by atoms with Crippen molar-refractivity contribution in [1.29, 1.82) is 0 Å². The van der Waals surface area contributed by atoms with Crippen LogP contribution in [0.1, 0.15) is 45.2 Å². The van der Waals surface area contributed by atoms with Crippen LogP contribution in [-0.4, -0.2) is 6.04 Å². The second kappa shape index (κ2) is 6.14. The second-order valence-electron chi connectivity index (χ2n) is 3.96. The van der Waals surface area contributed by atoms with E-state index in [0.29, 0.717) is 12.1 Å². The van der Waals surface area contributed by atoms with E-state index in [2.05, 4.69) is 32.2 Å². The average molecular weight is 226 g/mol. The Hall–Kier alpha value is -0.530. The van der Waals surface area contributed by atoms with Gasteiger partial charge in [-0.1, -0.05) is 37.6 Å².